The van der Waals surface area contributed by atoms with Crippen molar-refractivity contribution in [3.63, 3.8) is 0 Å². The quantitative estimate of drug-likeness (QED) is 0.464. The second-order valence-electron chi connectivity index (χ2n) is 2.98. The molecular formula is C7H15NO2. The molecule has 1 saturated carbocycles. The van der Waals surface area contributed by atoms with Crippen molar-refractivity contribution < 1.29 is 10.2 Å². The van der Waals surface area contributed by atoms with Crippen LogP contribution in [0.3, 0.4) is 0 Å². The number of aliphatic hydroxyl groups is 2. The monoisotopic (exact) mass is 145 g/mol. The minimum atomic E-state index is -0.584. The van der Waals surface area contributed by atoms with Crippen molar-refractivity contribution in [3.8, 4) is 0 Å². The van der Waals surface area contributed by atoms with E-state index in [-0.39, 0.29) is 5.92 Å². The third-order valence-electron chi connectivity index (χ3n) is 2.25. The Hall–Kier alpha value is -0.120. The second kappa shape index (κ2) is 3.32. The summed E-state index contributed by atoms with van der Waals surface area (Å²) >= 11 is 0. The van der Waals surface area contributed by atoms with Crippen molar-refractivity contribution in [1.82, 2.24) is 0 Å². The highest BCUT2D eigenvalue weighted by Gasteiger charge is 2.28. The Balaban J connectivity index is 2.42. The Kier molecular flexibility index (Phi) is 2.65. The fourth-order valence-electron chi connectivity index (χ4n) is 1.50. The van der Waals surface area contributed by atoms with Gasteiger partial charge in [-0.25, -0.2) is 0 Å². The highest BCUT2D eigenvalue weighted by atomic mass is 16.3. The lowest BCUT2D eigenvalue weighted by molar-refractivity contribution is -0.0417. The van der Waals surface area contributed by atoms with Gasteiger partial charge >= 0.3 is 0 Å². The molecule has 0 unspecified atom stereocenters. The maximum Gasteiger partial charge on any atom is 0.0839 e. The van der Waals surface area contributed by atoms with Crippen molar-refractivity contribution in [3.05, 3.63) is 0 Å². The van der Waals surface area contributed by atoms with Gasteiger partial charge in [0, 0.05) is 0 Å². The van der Waals surface area contributed by atoms with Crippen molar-refractivity contribution in [1.29, 1.82) is 0 Å². The van der Waals surface area contributed by atoms with Gasteiger partial charge in [-0.15, -0.1) is 0 Å². The van der Waals surface area contributed by atoms with Crippen LogP contribution in [0.2, 0.25) is 0 Å². The van der Waals surface area contributed by atoms with Crippen molar-refractivity contribution >= 4 is 0 Å². The third kappa shape index (κ3) is 1.48. The van der Waals surface area contributed by atoms with Gasteiger partial charge in [0.2, 0.25) is 0 Å². The van der Waals surface area contributed by atoms with Crippen LogP contribution in [0.1, 0.15) is 19.3 Å². The number of rotatable bonds is 1. The first-order valence-electron chi connectivity index (χ1n) is 3.82. The van der Waals surface area contributed by atoms with Crippen LogP contribution in [0.5, 0.6) is 0 Å². The molecule has 0 spiro atoms. The summed E-state index contributed by atoms with van der Waals surface area (Å²) in [7, 11) is 0. The molecule has 3 heteroatoms. The number of aliphatic hydroxyl groups excluding tert-OH is 2. The minimum absolute atomic E-state index is 0.115. The Morgan fingerprint density at radius 2 is 2.00 bits per heavy atom. The largest absolute Gasteiger partial charge is 0.390 e. The van der Waals surface area contributed by atoms with Gasteiger partial charge in [-0.05, 0) is 25.3 Å². The van der Waals surface area contributed by atoms with Crippen LogP contribution < -0.4 is 5.73 Å². The molecule has 1 fully saturated rings. The summed E-state index contributed by atoms with van der Waals surface area (Å²) in [6.45, 7) is 0.484. The number of hydrogen-bond acceptors (Lipinski definition) is 3. The molecule has 0 radical (unpaired) electrons. The molecule has 0 aliphatic heterocycles. The minimum Gasteiger partial charge on any atom is -0.390 e. The van der Waals surface area contributed by atoms with E-state index >= 15 is 0 Å². The molecule has 0 amide bonds. The van der Waals surface area contributed by atoms with Gasteiger partial charge < -0.3 is 15.9 Å². The fraction of sp³-hybridized carbons (Fsp3) is 1.00. The summed E-state index contributed by atoms with van der Waals surface area (Å²) in [5.41, 5.74) is 5.38. The van der Waals surface area contributed by atoms with E-state index in [0.29, 0.717) is 6.54 Å². The molecule has 1 aliphatic rings. The molecule has 10 heavy (non-hydrogen) atoms. The predicted octanol–water partition coefficient (Wildman–Crippen LogP) is -0.533. The van der Waals surface area contributed by atoms with Gasteiger partial charge in [-0.1, -0.05) is 6.42 Å². The Bertz CT molecular complexity index is 108. The molecule has 3 atom stereocenters. The van der Waals surface area contributed by atoms with E-state index in [1.165, 1.54) is 0 Å². The zero-order valence-electron chi connectivity index (χ0n) is 6.03. The summed E-state index contributed by atoms with van der Waals surface area (Å²) in [5, 5.41) is 18.5. The summed E-state index contributed by atoms with van der Waals surface area (Å²) in [5.74, 6) is 0.115. The summed E-state index contributed by atoms with van der Waals surface area (Å²) in [6, 6.07) is 0. The first-order chi connectivity index (χ1) is 4.75. The fourth-order valence-corrected chi connectivity index (χ4v) is 1.50. The van der Waals surface area contributed by atoms with Gasteiger partial charge in [-0.2, -0.15) is 0 Å². The summed E-state index contributed by atoms with van der Waals surface area (Å²) in [6.07, 6.45) is 1.54. The average molecular weight is 145 g/mol. The van der Waals surface area contributed by atoms with Crippen LogP contribution in [-0.2, 0) is 0 Å². The molecule has 0 heterocycles. The summed E-state index contributed by atoms with van der Waals surface area (Å²) < 4.78 is 0. The van der Waals surface area contributed by atoms with Crippen molar-refractivity contribution in [2.75, 3.05) is 6.54 Å². The van der Waals surface area contributed by atoms with Crippen LogP contribution in [0.4, 0.5) is 0 Å². The van der Waals surface area contributed by atoms with Crippen LogP contribution in [-0.4, -0.2) is 29.0 Å². The van der Waals surface area contributed by atoms with Gasteiger partial charge in [0.25, 0.3) is 0 Å². The molecule has 0 aromatic carbocycles. The van der Waals surface area contributed by atoms with E-state index in [4.69, 9.17) is 5.73 Å². The molecular weight excluding hydrogens is 130 g/mol. The molecule has 4 N–H and O–H groups in total. The Morgan fingerprint density at radius 3 is 2.50 bits per heavy atom. The Labute approximate surface area is 60.9 Å². The first kappa shape index (κ1) is 7.98. The van der Waals surface area contributed by atoms with Crippen molar-refractivity contribution in [2.24, 2.45) is 11.7 Å². The Morgan fingerprint density at radius 1 is 1.30 bits per heavy atom. The van der Waals surface area contributed by atoms with E-state index in [0.717, 1.165) is 19.3 Å². The smallest absolute Gasteiger partial charge is 0.0839 e. The number of nitrogens with two attached hydrogens (primary N) is 1. The van der Waals surface area contributed by atoms with Crippen molar-refractivity contribution in [2.45, 2.75) is 31.5 Å². The SMILES string of the molecule is NC[C@@H]1CCC[C@@H](O)[C@@H]1O. The molecule has 3 nitrogen and oxygen atoms in total. The van der Waals surface area contributed by atoms with E-state index in [2.05, 4.69) is 0 Å². The standard InChI is InChI=1S/C7H15NO2/c8-4-5-2-1-3-6(9)7(5)10/h5-7,9-10H,1-4,8H2/t5-,6+,7+/m0/s1. The second-order valence-corrected chi connectivity index (χ2v) is 2.98. The van der Waals surface area contributed by atoms with E-state index in [1.54, 1.807) is 0 Å². The molecule has 0 aromatic heterocycles. The zero-order chi connectivity index (χ0) is 7.56. The van der Waals surface area contributed by atoms with Crippen LogP contribution in [0.15, 0.2) is 0 Å². The number of hydrogen-bond donors (Lipinski definition) is 3. The van der Waals surface area contributed by atoms with Crippen LogP contribution in [0.25, 0.3) is 0 Å². The van der Waals surface area contributed by atoms with E-state index in [1.807, 2.05) is 0 Å². The lowest BCUT2D eigenvalue weighted by Gasteiger charge is -2.30. The highest BCUT2D eigenvalue weighted by Crippen LogP contribution is 2.23. The molecule has 0 bridgehead atoms. The molecule has 0 saturated heterocycles. The third-order valence-corrected chi connectivity index (χ3v) is 2.25. The van der Waals surface area contributed by atoms with Crippen LogP contribution >= 0.6 is 0 Å². The van der Waals surface area contributed by atoms with E-state index in [9.17, 15) is 10.2 Å². The highest BCUT2D eigenvalue weighted by molar-refractivity contribution is 4.81. The predicted molar refractivity (Wildman–Crippen MR) is 38.4 cm³/mol. The topological polar surface area (TPSA) is 66.5 Å². The maximum atomic E-state index is 9.31. The first-order valence-corrected chi connectivity index (χ1v) is 3.82. The normalized spacial score (nSPS) is 41.7. The zero-order valence-corrected chi connectivity index (χ0v) is 6.03. The van der Waals surface area contributed by atoms with Gasteiger partial charge in [0.05, 0.1) is 12.2 Å². The molecule has 60 valence electrons. The van der Waals surface area contributed by atoms with Gasteiger partial charge in [-0.3, -0.25) is 0 Å². The van der Waals surface area contributed by atoms with Gasteiger partial charge in [0.15, 0.2) is 0 Å². The summed E-state index contributed by atoms with van der Waals surface area (Å²) in [4.78, 5) is 0. The van der Waals surface area contributed by atoms with E-state index < -0.39 is 12.2 Å². The maximum absolute atomic E-state index is 9.31. The molecule has 1 rings (SSSR count). The molecule has 0 aromatic rings. The lowest BCUT2D eigenvalue weighted by atomic mass is 9.85. The lowest BCUT2D eigenvalue weighted by Crippen LogP contribution is -2.40. The van der Waals surface area contributed by atoms with Crippen LogP contribution in [0, 0.1) is 5.92 Å². The molecule has 1 aliphatic carbocycles. The average Bonchev–Trinajstić information content (AvgIpc) is 1.95. The van der Waals surface area contributed by atoms with Gasteiger partial charge in [0.1, 0.15) is 0 Å².